The molecule has 5 heteroatoms. The number of sulfonamides is 1. The zero-order chi connectivity index (χ0) is 15.2. The van der Waals surface area contributed by atoms with E-state index in [1.54, 1.807) is 0 Å². The second kappa shape index (κ2) is 7.09. The maximum Gasteiger partial charge on any atom is 0.235 e. The molecule has 0 spiro atoms. The maximum atomic E-state index is 12.6. The molecule has 0 radical (unpaired) electrons. The van der Waals surface area contributed by atoms with E-state index in [0.29, 0.717) is 25.9 Å². The summed E-state index contributed by atoms with van der Waals surface area (Å²) in [6.45, 7) is 7.07. The normalized spacial score (nSPS) is 12.4. The molecular weight excluding hydrogens is 272 g/mol. The summed E-state index contributed by atoms with van der Waals surface area (Å²) in [7, 11) is -3.30. The molecule has 2 N–H and O–H groups in total. The van der Waals surface area contributed by atoms with E-state index in [9.17, 15) is 8.42 Å². The van der Waals surface area contributed by atoms with Gasteiger partial charge in [0, 0.05) is 6.54 Å². The molecule has 0 aliphatic carbocycles. The minimum atomic E-state index is -3.30. The number of hydrogen-bond donors (Lipinski definition) is 1. The molecule has 1 aromatic carbocycles. The fourth-order valence-corrected chi connectivity index (χ4v) is 3.74. The molecule has 0 atom stereocenters. The quantitative estimate of drug-likeness (QED) is 0.841. The zero-order valence-electron chi connectivity index (χ0n) is 12.7. The Morgan fingerprint density at radius 3 is 2.25 bits per heavy atom. The molecule has 0 unspecified atom stereocenters. The van der Waals surface area contributed by atoms with Gasteiger partial charge in [0.05, 0.1) is 11.4 Å². The Kier molecular flexibility index (Phi) is 6.02. The molecule has 20 heavy (non-hydrogen) atoms. The van der Waals surface area contributed by atoms with Crippen LogP contribution in [-0.2, 0) is 10.0 Å². The topological polar surface area (TPSA) is 63.4 Å². The van der Waals surface area contributed by atoms with E-state index in [1.807, 2.05) is 30.3 Å². The van der Waals surface area contributed by atoms with Gasteiger partial charge in [-0.25, -0.2) is 8.42 Å². The fraction of sp³-hybridized carbons (Fsp3) is 0.600. The van der Waals surface area contributed by atoms with Crippen molar-refractivity contribution in [3.8, 4) is 0 Å². The predicted molar refractivity (Wildman–Crippen MR) is 85.3 cm³/mol. The number of para-hydroxylation sites is 1. The monoisotopic (exact) mass is 298 g/mol. The standard InChI is InChI=1S/C15H26N2O2S/c1-15(2,3)10-13-20(18,19)17(12-7-11-16)14-8-5-4-6-9-14/h4-6,8-9H,7,10-13,16H2,1-3H3. The van der Waals surface area contributed by atoms with Gasteiger partial charge < -0.3 is 5.73 Å². The van der Waals surface area contributed by atoms with Gasteiger partial charge in [0.1, 0.15) is 0 Å². The van der Waals surface area contributed by atoms with Gasteiger partial charge in [0.15, 0.2) is 0 Å². The van der Waals surface area contributed by atoms with Crippen LogP contribution in [0.15, 0.2) is 30.3 Å². The lowest BCUT2D eigenvalue weighted by Crippen LogP contribution is -2.35. The molecule has 0 bridgehead atoms. The SMILES string of the molecule is CC(C)(C)CCS(=O)(=O)N(CCCN)c1ccccc1. The van der Waals surface area contributed by atoms with Gasteiger partial charge in [-0.3, -0.25) is 4.31 Å². The van der Waals surface area contributed by atoms with E-state index in [-0.39, 0.29) is 11.2 Å². The zero-order valence-corrected chi connectivity index (χ0v) is 13.5. The van der Waals surface area contributed by atoms with Crippen molar-refractivity contribution in [2.24, 2.45) is 11.1 Å². The highest BCUT2D eigenvalue weighted by Crippen LogP contribution is 2.23. The third-order valence-electron chi connectivity index (χ3n) is 3.06. The van der Waals surface area contributed by atoms with Gasteiger partial charge in [0.2, 0.25) is 10.0 Å². The highest BCUT2D eigenvalue weighted by Gasteiger charge is 2.24. The van der Waals surface area contributed by atoms with Gasteiger partial charge in [-0.15, -0.1) is 0 Å². The third-order valence-corrected chi connectivity index (χ3v) is 4.84. The Morgan fingerprint density at radius 2 is 1.75 bits per heavy atom. The fourth-order valence-electron chi connectivity index (χ4n) is 1.80. The van der Waals surface area contributed by atoms with Crippen LogP contribution in [0.2, 0.25) is 0 Å². The number of nitrogens with two attached hydrogens (primary N) is 1. The van der Waals surface area contributed by atoms with Gasteiger partial charge >= 0.3 is 0 Å². The van der Waals surface area contributed by atoms with Crippen LogP contribution in [0.5, 0.6) is 0 Å². The molecule has 0 amide bonds. The lowest BCUT2D eigenvalue weighted by Gasteiger charge is -2.26. The summed E-state index contributed by atoms with van der Waals surface area (Å²) in [4.78, 5) is 0. The average molecular weight is 298 g/mol. The number of benzene rings is 1. The summed E-state index contributed by atoms with van der Waals surface area (Å²) in [5.41, 5.74) is 6.24. The van der Waals surface area contributed by atoms with Crippen LogP contribution < -0.4 is 10.0 Å². The van der Waals surface area contributed by atoms with Crippen LogP contribution in [-0.4, -0.2) is 27.3 Å². The number of nitrogens with zero attached hydrogens (tertiary/aromatic N) is 1. The highest BCUT2D eigenvalue weighted by atomic mass is 32.2. The van der Waals surface area contributed by atoms with Crippen molar-refractivity contribution in [2.75, 3.05) is 23.1 Å². The maximum absolute atomic E-state index is 12.6. The summed E-state index contributed by atoms with van der Waals surface area (Å²) in [6, 6.07) is 9.23. The first-order valence-electron chi connectivity index (χ1n) is 7.02. The van der Waals surface area contributed by atoms with Crippen LogP contribution in [0.25, 0.3) is 0 Å². The first-order valence-corrected chi connectivity index (χ1v) is 8.63. The largest absolute Gasteiger partial charge is 0.330 e. The average Bonchev–Trinajstić information content (AvgIpc) is 2.37. The molecule has 0 saturated carbocycles. The summed E-state index contributed by atoms with van der Waals surface area (Å²) in [6.07, 6.45) is 1.30. The first kappa shape index (κ1) is 17.0. The van der Waals surface area contributed by atoms with Crippen LogP contribution in [0.4, 0.5) is 5.69 Å². The molecule has 4 nitrogen and oxygen atoms in total. The van der Waals surface area contributed by atoms with Crippen molar-refractivity contribution in [1.29, 1.82) is 0 Å². The molecular formula is C15H26N2O2S. The van der Waals surface area contributed by atoms with Gasteiger partial charge in [-0.1, -0.05) is 39.0 Å². The van der Waals surface area contributed by atoms with Crippen LogP contribution >= 0.6 is 0 Å². The van der Waals surface area contributed by atoms with Crippen LogP contribution in [0, 0.1) is 5.41 Å². The molecule has 0 fully saturated rings. The lowest BCUT2D eigenvalue weighted by atomic mass is 9.94. The van der Waals surface area contributed by atoms with E-state index in [4.69, 9.17) is 5.73 Å². The Labute approximate surface area is 123 Å². The van der Waals surface area contributed by atoms with Crippen molar-refractivity contribution in [1.82, 2.24) is 0 Å². The van der Waals surface area contributed by atoms with Crippen molar-refractivity contribution in [3.05, 3.63) is 30.3 Å². The van der Waals surface area contributed by atoms with Crippen molar-refractivity contribution in [3.63, 3.8) is 0 Å². The second-order valence-electron chi connectivity index (χ2n) is 6.18. The Hall–Kier alpha value is -1.07. The molecule has 0 heterocycles. The van der Waals surface area contributed by atoms with E-state index in [1.165, 1.54) is 4.31 Å². The van der Waals surface area contributed by atoms with Crippen molar-refractivity contribution < 1.29 is 8.42 Å². The highest BCUT2D eigenvalue weighted by molar-refractivity contribution is 7.92. The third kappa shape index (κ3) is 5.51. The predicted octanol–water partition coefficient (Wildman–Crippen LogP) is 2.61. The van der Waals surface area contributed by atoms with Crippen molar-refractivity contribution in [2.45, 2.75) is 33.6 Å². The summed E-state index contributed by atoms with van der Waals surface area (Å²) in [5, 5.41) is 0. The first-order chi connectivity index (χ1) is 9.26. The van der Waals surface area contributed by atoms with Crippen molar-refractivity contribution >= 4 is 15.7 Å². The molecule has 0 saturated heterocycles. The number of rotatable bonds is 7. The molecule has 114 valence electrons. The molecule has 1 aromatic rings. The van der Waals surface area contributed by atoms with E-state index >= 15 is 0 Å². The van der Waals surface area contributed by atoms with E-state index in [2.05, 4.69) is 20.8 Å². The summed E-state index contributed by atoms with van der Waals surface area (Å²) in [5.74, 6) is 0.163. The Morgan fingerprint density at radius 1 is 1.15 bits per heavy atom. The van der Waals surface area contributed by atoms with E-state index < -0.39 is 10.0 Å². The molecule has 1 rings (SSSR count). The number of hydrogen-bond acceptors (Lipinski definition) is 3. The van der Waals surface area contributed by atoms with Crippen LogP contribution in [0.1, 0.15) is 33.6 Å². The second-order valence-corrected chi connectivity index (χ2v) is 8.19. The Balaban J connectivity index is 2.92. The van der Waals surface area contributed by atoms with Gasteiger partial charge in [0.25, 0.3) is 0 Å². The number of anilines is 1. The van der Waals surface area contributed by atoms with E-state index in [0.717, 1.165) is 5.69 Å². The summed E-state index contributed by atoms with van der Waals surface area (Å²) < 4.78 is 26.6. The molecule has 0 aliphatic heterocycles. The Bertz CT molecular complexity index is 492. The minimum absolute atomic E-state index is 0.00327. The van der Waals surface area contributed by atoms with Crippen LogP contribution in [0.3, 0.4) is 0 Å². The molecule has 0 aliphatic rings. The summed E-state index contributed by atoms with van der Waals surface area (Å²) >= 11 is 0. The lowest BCUT2D eigenvalue weighted by molar-refractivity contribution is 0.397. The molecule has 0 aromatic heterocycles. The van der Waals surface area contributed by atoms with Gasteiger partial charge in [-0.05, 0) is 36.9 Å². The van der Waals surface area contributed by atoms with Gasteiger partial charge in [-0.2, -0.15) is 0 Å². The smallest absolute Gasteiger partial charge is 0.235 e. The minimum Gasteiger partial charge on any atom is -0.330 e.